The molecule has 2 aliphatic rings. The summed E-state index contributed by atoms with van der Waals surface area (Å²) in [7, 11) is 4.99. The van der Waals surface area contributed by atoms with Crippen LogP contribution in [0, 0.1) is 0 Å². The number of rotatable bonds is 7. The third-order valence-corrected chi connectivity index (χ3v) is 6.48. The molecule has 2 N–H and O–H groups in total. The van der Waals surface area contributed by atoms with Gasteiger partial charge in [-0.25, -0.2) is 0 Å². The maximum Gasteiger partial charge on any atom is 0.258 e. The van der Waals surface area contributed by atoms with Crippen LogP contribution in [0.15, 0.2) is 35.1 Å². The summed E-state index contributed by atoms with van der Waals surface area (Å²) in [6.07, 6.45) is 6.34. The molecular weight excluding hydrogens is 420 g/mol. The molecule has 3 aromatic rings. The van der Waals surface area contributed by atoms with Crippen LogP contribution in [0.2, 0.25) is 0 Å². The van der Waals surface area contributed by atoms with Crippen molar-refractivity contribution in [2.75, 3.05) is 27.6 Å². The van der Waals surface area contributed by atoms with Crippen molar-refractivity contribution in [3.63, 3.8) is 0 Å². The lowest BCUT2D eigenvalue weighted by Gasteiger charge is -2.15. The highest BCUT2D eigenvalue weighted by Gasteiger charge is 2.32. The predicted molar refractivity (Wildman–Crippen MR) is 128 cm³/mol. The van der Waals surface area contributed by atoms with Crippen LogP contribution >= 0.6 is 0 Å². The van der Waals surface area contributed by atoms with E-state index in [-0.39, 0.29) is 12.4 Å². The van der Waals surface area contributed by atoms with Crippen LogP contribution in [0.4, 0.5) is 0 Å². The van der Waals surface area contributed by atoms with E-state index in [1.54, 1.807) is 24.9 Å². The number of nitrogens with two attached hydrogens (primary N) is 1. The summed E-state index contributed by atoms with van der Waals surface area (Å²) in [5.41, 5.74) is 10.6. The molecule has 1 aliphatic heterocycles. The molecule has 33 heavy (non-hydrogen) atoms. The van der Waals surface area contributed by atoms with Gasteiger partial charge in [0.15, 0.2) is 23.0 Å². The van der Waals surface area contributed by atoms with E-state index in [9.17, 15) is 4.79 Å². The number of unbranched alkanes of at least 4 members (excludes halogenated alkanes) is 3. The van der Waals surface area contributed by atoms with Gasteiger partial charge in [-0.1, -0.05) is 12.5 Å². The zero-order valence-electron chi connectivity index (χ0n) is 19.2. The topological polar surface area (TPSA) is 84.9 Å². The third kappa shape index (κ3) is 3.35. The fourth-order valence-electron chi connectivity index (χ4n) is 4.85. The average Bonchev–Trinajstić information content (AvgIpc) is 3.42. The second-order valence-electron chi connectivity index (χ2n) is 8.35. The summed E-state index contributed by atoms with van der Waals surface area (Å²) in [6.45, 7) is 0.914. The standard InChI is InChI=1S/C26H28N2O5/c1-28-25-18-12-23-22(32-14-33-23)10-16(18)15(8-6-4-5-7-9-27)24(25)17-11-20(30-2)21(31-3)13-19(17)26(28)29/h8,10-13H,4-7,9,14,27H2,1-3H3/b15-8+. The highest BCUT2D eigenvalue weighted by molar-refractivity contribution is 6.10. The van der Waals surface area contributed by atoms with E-state index in [4.69, 9.17) is 24.7 Å². The number of hydrogen-bond acceptors (Lipinski definition) is 6. The summed E-state index contributed by atoms with van der Waals surface area (Å²) in [5.74, 6) is 2.55. The molecule has 0 atom stereocenters. The Morgan fingerprint density at radius 2 is 1.64 bits per heavy atom. The molecule has 0 spiro atoms. The number of ether oxygens (including phenoxy) is 4. The van der Waals surface area contributed by atoms with Crippen molar-refractivity contribution in [3.05, 3.63) is 51.8 Å². The van der Waals surface area contributed by atoms with E-state index >= 15 is 0 Å². The van der Waals surface area contributed by atoms with Crippen molar-refractivity contribution >= 4 is 16.3 Å². The molecule has 2 heterocycles. The minimum absolute atomic E-state index is 0.0856. The normalized spacial score (nSPS) is 14.6. The summed E-state index contributed by atoms with van der Waals surface area (Å²) in [4.78, 5) is 13.4. The third-order valence-electron chi connectivity index (χ3n) is 6.48. The highest BCUT2D eigenvalue weighted by Crippen LogP contribution is 2.51. The van der Waals surface area contributed by atoms with Gasteiger partial charge in [-0.2, -0.15) is 0 Å². The summed E-state index contributed by atoms with van der Waals surface area (Å²) in [5, 5.41) is 1.44. The van der Waals surface area contributed by atoms with E-state index in [1.807, 2.05) is 25.2 Å². The van der Waals surface area contributed by atoms with Crippen LogP contribution in [-0.2, 0) is 7.05 Å². The van der Waals surface area contributed by atoms with Crippen LogP contribution in [0.5, 0.6) is 23.0 Å². The highest BCUT2D eigenvalue weighted by atomic mass is 16.7. The van der Waals surface area contributed by atoms with Gasteiger partial charge in [0.2, 0.25) is 6.79 Å². The van der Waals surface area contributed by atoms with Gasteiger partial charge in [0.05, 0.1) is 25.3 Å². The molecule has 1 aliphatic carbocycles. The van der Waals surface area contributed by atoms with Crippen LogP contribution in [0.3, 0.4) is 0 Å². The van der Waals surface area contributed by atoms with E-state index < -0.39 is 0 Å². The number of benzene rings is 2. The Hall–Kier alpha value is -3.45. The number of hydrogen-bond donors (Lipinski definition) is 1. The molecule has 7 heteroatoms. The van der Waals surface area contributed by atoms with Gasteiger partial charge in [0, 0.05) is 23.6 Å². The van der Waals surface area contributed by atoms with E-state index in [0.29, 0.717) is 29.2 Å². The van der Waals surface area contributed by atoms with E-state index in [2.05, 4.69) is 6.08 Å². The number of allylic oxidation sites excluding steroid dienone is 1. The average molecular weight is 449 g/mol. The number of aromatic nitrogens is 1. The maximum absolute atomic E-state index is 13.4. The second-order valence-corrected chi connectivity index (χ2v) is 8.35. The van der Waals surface area contributed by atoms with Gasteiger partial charge >= 0.3 is 0 Å². The molecule has 5 rings (SSSR count). The number of fused-ring (bicyclic) bond motifs is 6. The molecule has 0 fully saturated rings. The van der Waals surface area contributed by atoms with Crippen molar-refractivity contribution in [2.45, 2.75) is 25.7 Å². The predicted octanol–water partition coefficient (Wildman–Crippen LogP) is 4.22. The monoisotopic (exact) mass is 448 g/mol. The van der Waals surface area contributed by atoms with Gasteiger partial charge in [-0.15, -0.1) is 0 Å². The van der Waals surface area contributed by atoms with Crippen molar-refractivity contribution in [1.29, 1.82) is 0 Å². The smallest absolute Gasteiger partial charge is 0.258 e. The SMILES string of the molecule is COc1cc2c3c(n(C)c(=O)c2cc1OC)-c1cc2c(cc1/C3=C\CCCCCN)OCO2. The van der Waals surface area contributed by atoms with Gasteiger partial charge < -0.3 is 29.2 Å². The Labute approximate surface area is 192 Å². The summed E-state index contributed by atoms with van der Waals surface area (Å²) in [6, 6.07) is 7.69. The van der Waals surface area contributed by atoms with Crippen LogP contribution in [0.25, 0.3) is 27.6 Å². The van der Waals surface area contributed by atoms with E-state index in [1.165, 1.54) is 0 Å². The van der Waals surface area contributed by atoms with Crippen molar-refractivity contribution in [2.24, 2.45) is 12.8 Å². The molecule has 172 valence electrons. The number of methoxy groups -OCH3 is 2. The zero-order valence-corrected chi connectivity index (χ0v) is 19.2. The van der Waals surface area contributed by atoms with Crippen molar-refractivity contribution in [3.8, 4) is 34.3 Å². The molecule has 0 amide bonds. The largest absolute Gasteiger partial charge is 0.493 e. The first-order chi connectivity index (χ1) is 16.1. The Balaban J connectivity index is 1.79. The van der Waals surface area contributed by atoms with Gasteiger partial charge in [0.25, 0.3) is 5.56 Å². The minimum atomic E-state index is -0.0856. The Morgan fingerprint density at radius 1 is 0.970 bits per heavy atom. The first-order valence-electron chi connectivity index (χ1n) is 11.2. The zero-order chi connectivity index (χ0) is 23.1. The van der Waals surface area contributed by atoms with Crippen LogP contribution in [-0.4, -0.2) is 32.1 Å². The molecular formula is C26H28N2O5. The molecule has 2 aromatic carbocycles. The first-order valence-corrected chi connectivity index (χ1v) is 11.2. The van der Waals surface area contributed by atoms with E-state index in [0.717, 1.165) is 64.8 Å². The number of nitrogens with zero attached hydrogens (tertiary/aromatic N) is 1. The molecule has 0 unspecified atom stereocenters. The summed E-state index contributed by atoms with van der Waals surface area (Å²) < 4.78 is 24.1. The number of pyridine rings is 1. The van der Waals surface area contributed by atoms with Crippen molar-refractivity contribution < 1.29 is 18.9 Å². The Kier molecular flexibility index (Phi) is 5.50. The second kappa shape index (κ2) is 8.48. The fraction of sp³-hybridized carbons (Fsp3) is 0.346. The maximum atomic E-state index is 13.4. The van der Waals surface area contributed by atoms with Gasteiger partial charge in [-0.3, -0.25) is 4.79 Å². The van der Waals surface area contributed by atoms with Crippen LogP contribution in [0.1, 0.15) is 36.8 Å². The summed E-state index contributed by atoms with van der Waals surface area (Å²) >= 11 is 0. The lowest BCUT2D eigenvalue weighted by molar-refractivity contribution is 0.174. The lowest BCUT2D eigenvalue weighted by atomic mass is 9.97. The quantitative estimate of drug-likeness (QED) is 0.426. The molecule has 0 saturated carbocycles. The Morgan fingerprint density at radius 3 is 2.30 bits per heavy atom. The molecule has 1 aromatic heterocycles. The van der Waals surface area contributed by atoms with Gasteiger partial charge in [-0.05, 0) is 61.2 Å². The van der Waals surface area contributed by atoms with Crippen LogP contribution < -0.4 is 30.2 Å². The Bertz CT molecular complexity index is 1340. The molecule has 0 radical (unpaired) electrons. The fourth-order valence-corrected chi connectivity index (χ4v) is 4.85. The first kappa shape index (κ1) is 21.4. The molecule has 0 saturated heterocycles. The minimum Gasteiger partial charge on any atom is -0.493 e. The van der Waals surface area contributed by atoms with Gasteiger partial charge in [0.1, 0.15) is 0 Å². The molecule has 7 nitrogen and oxygen atoms in total. The van der Waals surface area contributed by atoms with Crippen molar-refractivity contribution in [1.82, 2.24) is 4.57 Å². The molecule has 0 bridgehead atoms. The lowest BCUT2D eigenvalue weighted by Crippen LogP contribution is -2.19.